The lowest BCUT2D eigenvalue weighted by atomic mass is 10.1. The van der Waals surface area contributed by atoms with Gasteiger partial charge in [0.1, 0.15) is 0 Å². The van der Waals surface area contributed by atoms with Crippen LogP contribution in [-0.4, -0.2) is 58.0 Å². The standard InChI is InChI=1S/C15H21NO5S2/c1-3-8-16(13-7-9-23(20,21)11-13)15(17)12-5-4-6-14(10-12)22(2,18)19/h4-6,10,13H,3,7-9,11H2,1-2H3. The van der Waals surface area contributed by atoms with Gasteiger partial charge >= 0.3 is 0 Å². The van der Waals surface area contributed by atoms with Crippen LogP contribution in [0.1, 0.15) is 30.1 Å². The van der Waals surface area contributed by atoms with Crippen LogP contribution in [0.3, 0.4) is 0 Å². The van der Waals surface area contributed by atoms with Crippen molar-refractivity contribution in [2.24, 2.45) is 0 Å². The smallest absolute Gasteiger partial charge is 0.254 e. The molecule has 0 N–H and O–H groups in total. The minimum absolute atomic E-state index is 0.0233. The first-order valence-electron chi connectivity index (χ1n) is 7.45. The molecule has 2 rings (SSSR count). The van der Waals surface area contributed by atoms with Crippen LogP contribution >= 0.6 is 0 Å². The maximum Gasteiger partial charge on any atom is 0.254 e. The van der Waals surface area contributed by atoms with Crippen LogP contribution < -0.4 is 0 Å². The van der Waals surface area contributed by atoms with Gasteiger partial charge in [-0.3, -0.25) is 4.79 Å². The van der Waals surface area contributed by atoms with Gasteiger partial charge in [-0.25, -0.2) is 16.8 Å². The first-order valence-corrected chi connectivity index (χ1v) is 11.2. The highest BCUT2D eigenvalue weighted by atomic mass is 32.2. The van der Waals surface area contributed by atoms with Crippen molar-refractivity contribution in [3.63, 3.8) is 0 Å². The third-order valence-electron chi connectivity index (χ3n) is 3.88. The molecule has 6 nitrogen and oxygen atoms in total. The molecule has 1 saturated heterocycles. The topological polar surface area (TPSA) is 88.6 Å². The van der Waals surface area contributed by atoms with E-state index in [2.05, 4.69) is 0 Å². The van der Waals surface area contributed by atoms with Crippen molar-refractivity contribution in [3.8, 4) is 0 Å². The predicted molar refractivity (Wildman–Crippen MR) is 87.9 cm³/mol. The number of hydrogen-bond acceptors (Lipinski definition) is 5. The van der Waals surface area contributed by atoms with Gasteiger partial charge in [0.15, 0.2) is 19.7 Å². The fraction of sp³-hybridized carbons (Fsp3) is 0.533. The van der Waals surface area contributed by atoms with E-state index in [0.717, 1.165) is 6.26 Å². The summed E-state index contributed by atoms with van der Waals surface area (Å²) in [5, 5.41) is 0. The lowest BCUT2D eigenvalue weighted by Gasteiger charge is -2.28. The Morgan fingerprint density at radius 2 is 2.04 bits per heavy atom. The van der Waals surface area contributed by atoms with Gasteiger partial charge in [-0.1, -0.05) is 13.0 Å². The Hall–Kier alpha value is -1.41. The van der Waals surface area contributed by atoms with Crippen molar-refractivity contribution in [1.82, 2.24) is 4.90 Å². The Kier molecular flexibility index (Phi) is 5.15. The maximum absolute atomic E-state index is 12.7. The number of nitrogens with zero attached hydrogens (tertiary/aromatic N) is 1. The van der Waals surface area contributed by atoms with E-state index in [4.69, 9.17) is 0 Å². The zero-order valence-corrected chi connectivity index (χ0v) is 14.9. The van der Waals surface area contributed by atoms with Gasteiger partial charge in [0.05, 0.1) is 16.4 Å². The zero-order chi connectivity index (χ0) is 17.3. The summed E-state index contributed by atoms with van der Waals surface area (Å²) in [6, 6.07) is 5.54. The Labute approximate surface area is 137 Å². The summed E-state index contributed by atoms with van der Waals surface area (Å²) >= 11 is 0. The van der Waals surface area contributed by atoms with E-state index < -0.39 is 19.7 Å². The second kappa shape index (κ2) is 6.60. The van der Waals surface area contributed by atoms with Gasteiger partial charge in [-0.15, -0.1) is 0 Å². The highest BCUT2D eigenvalue weighted by Crippen LogP contribution is 2.21. The van der Waals surface area contributed by atoms with Gasteiger partial charge in [-0.2, -0.15) is 0 Å². The van der Waals surface area contributed by atoms with Crippen molar-refractivity contribution in [1.29, 1.82) is 0 Å². The average Bonchev–Trinajstić information content (AvgIpc) is 2.83. The third kappa shape index (κ3) is 4.32. The summed E-state index contributed by atoms with van der Waals surface area (Å²) in [6.45, 7) is 2.36. The van der Waals surface area contributed by atoms with E-state index in [9.17, 15) is 21.6 Å². The molecule has 1 aliphatic heterocycles. The molecule has 128 valence electrons. The van der Waals surface area contributed by atoms with Gasteiger partial charge in [0.25, 0.3) is 5.91 Å². The highest BCUT2D eigenvalue weighted by Gasteiger charge is 2.34. The number of hydrogen-bond donors (Lipinski definition) is 0. The monoisotopic (exact) mass is 359 g/mol. The quantitative estimate of drug-likeness (QED) is 0.786. The molecule has 0 radical (unpaired) electrons. The molecule has 0 aromatic heterocycles. The van der Waals surface area contributed by atoms with Crippen LogP contribution in [0.5, 0.6) is 0 Å². The first-order chi connectivity index (χ1) is 10.6. The van der Waals surface area contributed by atoms with E-state index in [1.54, 1.807) is 11.0 Å². The Morgan fingerprint density at radius 3 is 2.57 bits per heavy atom. The number of amides is 1. The lowest BCUT2D eigenvalue weighted by molar-refractivity contribution is 0.0697. The van der Waals surface area contributed by atoms with Crippen molar-refractivity contribution in [2.75, 3.05) is 24.3 Å². The Morgan fingerprint density at radius 1 is 1.35 bits per heavy atom. The second-order valence-electron chi connectivity index (χ2n) is 5.86. The minimum atomic E-state index is -3.40. The molecule has 1 aromatic rings. The summed E-state index contributed by atoms with van der Waals surface area (Å²) in [7, 11) is -6.50. The lowest BCUT2D eigenvalue weighted by Crippen LogP contribution is -2.41. The highest BCUT2D eigenvalue weighted by molar-refractivity contribution is 7.91. The van der Waals surface area contributed by atoms with Gasteiger partial charge in [-0.05, 0) is 31.0 Å². The van der Waals surface area contributed by atoms with Crippen LogP contribution in [0.15, 0.2) is 29.2 Å². The van der Waals surface area contributed by atoms with Gasteiger partial charge < -0.3 is 4.90 Å². The molecule has 1 aliphatic rings. The van der Waals surface area contributed by atoms with Crippen LogP contribution in [0.4, 0.5) is 0 Å². The molecule has 1 heterocycles. The van der Waals surface area contributed by atoms with E-state index in [1.165, 1.54) is 18.2 Å². The van der Waals surface area contributed by atoms with E-state index in [1.807, 2.05) is 6.92 Å². The number of sulfone groups is 2. The number of benzene rings is 1. The van der Waals surface area contributed by atoms with Crippen LogP contribution in [-0.2, 0) is 19.7 Å². The fourth-order valence-electron chi connectivity index (χ4n) is 2.74. The van der Waals surface area contributed by atoms with Crippen LogP contribution in [0.25, 0.3) is 0 Å². The molecular formula is C15H21NO5S2. The molecule has 8 heteroatoms. The molecule has 1 amide bonds. The van der Waals surface area contributed by atoms with Crippen LogP contribution in [0, 0.1) is 0 Å². The molecule has 1 atom stereocenters. The number of carbonyl (C=O) groups is 1. The summed E-state index contributed by atoms with van der Waals surface area (Å²) in [6.07, 6.45) is 2.22. The average molecular weight is 359 g/mol. The van der Waals surface area contributed by atoms with Crippen molar-refractivity contribution in [2.45, 2.75) is 30.7 Å². The molecule has 1 fully saturated rings. The fourth-order valence-corrected chi connectivity index (χ4v) is 5.14. The largest absolute Gasteiger partial charge is 0.335 e. The maximum atomic E-state index is 12.7. The Bertz CT molecular complexity index is 799. The summed E-state index contributed by atoms with van der Waals surface area (Å²) in [4.78, 5) is 14.4. The number of rotatable bonds is 5. The van der Waals surface area contributed by atoms with Gasteiger partial charge in [0, 0.05) is 24.4 Å². The molecule has 1 aromatic carbocycles. The number of carbonyl (C=O) groups excluding carboxylic acids is 1. The molecule has 0 saturated carbocycles. The SMILES string of the molecule is CCCN(C(=O)c1cccc(S(C)(=O)=O)c1)C1CCS(=O)(=O)C1. The van der Waals surface area contributed by atoms with E-state index >= 15 is 0 Å². The van der Waals surface area contributed by atoms with Crippen molar-refractivity contribution in [3.05, 3.63) is 29.8 Å². The first kappa shape index (κ1) is 17.9. The molecule has 23 heavy (non-hydrogen) atoms. The molecular weight excluding hydrogens is 338 g/mol. The molecule has 1 unspecified atom stereocenters. The molecule has 0 bridgehead atoms. The molecule has 0 aliphatic carbocycles. The Balaban J connectivity index is 2.32. The minimum Gasteiger partial charge on any atom is -0.335 e. The second-order valence-corrected chi connectivity index (χ2v) is 10.1. The van der Waals surface area contributed by atoms with Crippen molar-refractivity contribution < 1.29 is 21.6 Å². The van der Waals surface area contributed by atoms with E-state index in [0.29, 0.717) is 19.4 Å². The van der Waals surface area contributed by atoms with Gasteiger partial charge in [0.2, 0.25) is 0 Å². The summed E-state index contributed by atoms with van der Waals surface area (Å²) in [5.74, 6) is -0.251. The van der Waals surface area contributed by atoms with Crippen molar-refractivity contribution >= 4 is 25.6 Å². The normalized spacial score (nSPS) is 20.3. The summed E-state index contributed by atoms with van der Waals surface area (Å²) < 4.78 is 46.6. The summed E-state index contributed by atoms with van der Waals surface area (Å²) in [5.41, 5.74) is 0.269. The van der Waals surface area contributed by atoms with Crippen LogP contribution in [0.2, 0.25) is 0 Å². The van der Waals surface area contributed by atoms with E-state index in [-0.39, 0.29) is 33.9 Å². The molecule has 0 spiro atoms. The predicted octanol–water partition coefficient (Wildman–Crippen LogP) is 1.13. The zero-order valence-electron chi connectivity index (χ0n) is 13.2. The third-order valence-corrected chi connectivity index (χ3v) is 6.74.